The molecule has 124 valence electrons. The van der Waals surface area contributed by atoms with E-state index >= 15 is 0 Å². The summed E-state index contributed by atoms with van der Waals surface area (Å²) in [6.45, 7) is 11.0. The molecule has 22 heavy (non-hydrogen) atoms. The maximum Gasteiger partial charge on any atom is 0.125 e. The van der Waals surface area contributed by atoms with E-state index in [9.17, 15) is 5.11 Å². The number of piperazine rings is 1. The van der Waals surface area contributed by atoms with Crippen LogP contribution in [0.25, 0.3) is 0 Å². The van der Waals surface area contributed by atoms with Gasteiger partial charge in [0, 0.05) is 43.3 Å². The third-order valence-electron chi connectivity index (χ3n) is 4.50. The molecular weight excluding hydrogens is 300 g/mol. The van der Waals surface area contributed by atoms with E-state index in [0.29, 0.717) is 5.02 Å². The topological polar surface area (TPSA) is 44.7 Å². The zero-order valence-corrected chi connectivity index (χ0v) is 14.7. The summed E-state index contributed by atoms with van der Waals surface area (Å²) in [4.78, 5) is 2.39. The fourth-order valence-electron chi connectivity index (χ4n) is 3.16. The van der Waals surface area contributed by atoms with Crippen molar-refractivity contribution in [1.29, 1.82) is 0 Å². The van der Waals surface area contributed by atoms with Gasteiger partial charge in [-0.1, -0.05) is 18.5 Å². The van der Waals surface area contributed by atoms with Gasteiger partial charge in [-0.3, -0.25) is 0 Å². The lowest BCUT2D eigenvalue weighted by molar-refractivity contribution is 0.0817. The van der Waals surface area contributed by atoms with Gasteiger partial charge in [0.05, 0.1) is 13.2 Å². The maximum absolute atomic E-state index is 10.8. The number of nitrogens with one attached hydrogen (secondary N) is 1. The molecule has 1 aliphatic heterocycles. The molecule has 2 atom stereocenters. The molecule has 0 spiro atoms. The van der Waals surface area contributed by atoms with E-state index in [-0.39, 0.29) is 5.92 Å². The lowest BCUT2D eigenvalue weighted by Crippen LogP contribution is -2.45. The third kappa shape index (κ3) is 3.74. The molecule has 1 aliphatic rings. The molecule has 0 aliphatic carbocycles. The second kappa shape index (κ2) is 7.64. The number of hydrogen-bond acceptors (Lipinski definition) is 4. The third-order valence-corrected chi connectivity index (χ3v) is 5.08. The van der Waals surface area contributed by atoms with Crippen molar-refractivity contribution in [2.45, 2.75) is 26.9 Å². The quantitative estimate of drug-likeness (QED) is 0.873. The van der Waals surface area contributed by atoms with E-state index in [4.69, 9.17) is 16.3 Å². The predicted molar refractivity (Wildman–Crippen MR) is 90.9 cm³/mol. The second-order valence-corrected chi connectivity index (χ2v) is 6.60. The highest BCUT2D eigenvalue weighted by Crippen LogP contribution is 2.38. The van der Waals surface area contributed by atoms with E-state index in [1.165, 1.54) is 0 Å². The molecule has 0 aromatic heterocycles. The number of aliphatic hydroxyl groups excluding tert-OH is 1. The van der Waals surface area contributed by atoms with E-state index in [2.05, 4.69) is 17.1 Å². The minimum Gasteiger partial charge on any atom is -0.496 e. The lowest BCUT2D eigenvalue weighted by Gasteiger charge is -2.32. The van der Waals surface area contributed by atoms with Crippen LogP contribution in [0.3, 0.4) is 0 Å². The van der Waals surface area contributed by atoms with Gasteiger partial charge in [-0.05, 0) is 37.0 Å². The van der Waals surface area contributed by atoms with Gasteiger partial charge in [0.25, 0.3) is 0 Å². The maximum atomic E-state index is 10.8. The number of methoxy groups -OCH3 is 1. The second-order valence-electron chi connectivity index (χ2n) is 6.22. The van der Waals surface area contributed by atoms with E-state index in [1.54, 1.807) is 7.11 Å². The molecule has 0 bridgehead atoms. The van der Waals surface area contributed by atoms with Crippen molar-refractivity contribution in [3.05, 3.63) is 27.8 Å². The van der Waals surface area contributed by atoms with Gasteiger partial charge < -0.3 is 20.1 Å². The van der Waals surface area contributed by atoms with E-state index in [1.807, 2.05) is 19.9 Å². The number of ether oxygens (including phenoxy) is 1. The molecule has 0 amide bonds. The Bertz CT molecular complexity index is 516. The summed E-state index contributed by atoms with van der Waals surface area (Å²) in [5.74, 6) is 0.837. The van der Waals surface area contributed by atoms with Crippen LogP contribution in [-0.2, 0) is 0 Å². The van der Waals surface area contributed by atoms with Crippen LogP contribution in [-0.4, -0.2) is 49.8 Å². The van der Waals surface area contributed by atoms with Crippen molar-refractivity contribution in [2.24, 2.45) is 5.92 Å². The monoisotopic (exact) mass is 326 g/mol. The van der Waals surface area contributed by atoms with Crippen LogP contribution in [0.4, 0.5) is 0 Å². The van der Waals surface area contributed by atoms with Gasteiger partial charge in [-0.15, -0.1) is 0 Å². The Morgan fingerprint density at radius 3 is 2.59 bits per heavy atom. The smallest absolute Gasteiger partial charge is 0.125 e. The highest BCUT2D eigenvalue weighted by Gasteiger charge is 2.26. The van der Waals surface area contributed by atoms with Crippen LogP contribution < -0.4 is 10.1 Å². The Labute approximate surface area is 138 Å². The van der Waals surface area contributed by atoms with Crippen molar-refractivity contribution in [3.8, 4) is 5.75 Å². The van der Waals surface area contributed by atoms with Crippen molar-refractivity contribution >= 4 is 11.6 Å². The largest absolute Gasteiger partial charge is 0.496 e. The van der Waals surface area contributed by atoms with Crippen LogP contribution >= 0.6 is 11.6 Å². The zero-order valence-electron chi connectivity index (χ0n) is 13.9. The molecular formula is C17H27ClN2O2. The summed E-state index contributed by atoms with van der Waals surface area (Å²) < 4.78 is 5.48. The number of hydrogen-bond donors (Lipinski definition) is 2. The highest BCUT2D eigenvalue weighted by atomic mass is 35.5. The Balaban J connectivity index is 2.20. The van der Waals surface area contributed by atoms with Gasteiger partial charge in [0.2, 0.25) is 0 Å². The Morgan fingerprint density at radius 1 is 1.36 bits per heavy atom. The van der Waals surface area contributed by atoms with Crippen molar-refractivity contribution in [1.82, 2.24) is 10.2 Å². The number of rotatable bonds is 5. The molecule has 0 saturated carbocycles. The number of halogens is 1. The molecule has 1 aromatic rings. The van der Waals surface area contributed by atoms with Gasteiger partial charge in [0.15, 0.2) is 0 Å². The van der Waals surface area contributed by atoms with Crippen LogP contribution in [0, 0.1) is 19.8 Å². The molecule has 2 unspecified atom stereocenters. The first-order chi connectivity index (χ1) is 10.5. The van der Waals surface area contributed by atoms with Crippen molar-refractivity contribution in [3.63, 3.8) is 0 Å². The van der Waals surface area contributed by atoms with Gasteiger partial charge in [0.1, 0.15) is 5.75 Å². The first-order valence-electron chi connectivity index (χ1n) is 7.90. The summed E-state index contributed by atoms with van der Waals surface area (Å²) in [6.07, 6.45) is -0.581. The minimum atomic E-state index is -0.581. The Morgan fingerprint density at radius 2 is 2.00 bits per heavy atom. The van der Waals surface area contributed by atoms with Crippen LogP contribution in [0.5, 0.6) is 5.75 Å². The number of aryl methyl sites for hydroxylation is 1. The number of benzene rings is 1. The molecule has 5 heteroatoms. The van der Waals surface area contributed by atoms with Crippen molar-refractivity contribution in [2.75, 3.05) is 39.8 Å². The first-order valence-corrected chi connectivity index (χ1v) is 8.28. The molecule has 2 rings (SSSR count). The highest BCUT2D eigenvalue weighted by molar-refractivity contribution is 6.32. The Hall–Kier alpha value is -0.810. The van der Waals surface area contributed by atoms with Gasteiger partial charge >= 0.3 is 0 Å². The number of aliphatic hydroxyl groups is 1. The molecule has 0 radical (unpaired) electrons. The predicted octanol–water partition coefficient (Wildman–Crippen LogP) is 2.54. The van der Waals surface area contributed by atoms with E-state index < -0.39 is 6.10 Å². The fourth-order valence-corrected chi connectivity index (χ4v) is 3.31. The average molecular weight is 327 g/mol. The van der Waals surface area contributed by atoms with Crippen LogP contribution in [0.1, 0.15) is 29.7 Å². The van der Waals surface area contributed by atoms with Gasteiger partial charge in [-0.2, -0.15) is 0 Å². The summed E-state index contributed by atoms with van der Waals surface area (Å²) in [5.41, 5.74) is 2.71. The fraction of sp³-hybridized carbons (Fsp3) is 0.647. The molecule has 1 fully saturated rings. The standard InChI is InChI=1S/C17H27ClN2O2/c1-11-9-14(22-4)15(13(3)16(11)18)17(21)12(2)10-20-7-5-19-6-8-20/h9,12,17,19,21H,5-8,10H2,1-4H3. The molecule has 4 nitrogen and oxygen atoms in total. The first kappa shape index (κ1) is 17.5. The summed E-state index contributed by atoms with van der Waals surface area (Å²) in [6, 6.07) is 1.91. The minimum absolute atomic E-state index is 0.115. The molecule has 1 heterocycles. The number of nitrogens with zero attached hydrogens (tertiary/aromatic N) is 1. The zero-order chi connectivity index (χ0) is 16.3. The average Bonchev–Trinajstić information content (AvgIpc) is 2.52. The summed E-state index contributed by atoms with van der Waals surface area (Å²) in [5, 5.41) is 14.9. The Kier molecular flexibility index (Phi) is 6.09. The lowest BCUT2D eigenvalue weighted by atomic mass is 9.91. The van der Waals surface area contributed by atoms with Crippen molar-refractivity contribution < 1.29 is 9.84 Å². The van der Waals surface area contributed by atoms with Gasteiger partial charge in [-0.25, -0.2) is 0 Å². The summed E-state index contributed by atoms with van der Waals surface area (Å²) in [7, 11) is 1.64. The normalized spacial score (nSPS) is 19.0. The van der Waals surface area contributed by atoms with E-state index in [0.717, 1.165) is 55.2 Å². The SMILES string of the molecule is COc1cc(C)c(Cl)c(C)c1C(O)C(C)CN1CCNCC1. The molecule has 1 saturated heterocycles. The molecule has 1 aromatic carbocycles. The van der Waals surface area contributed by atoms with Crippen LogP contribution in [0.15, 0.2) is 6.07 Å². The molecule has 2 N–H and O–H groups in total. The van der Waals surface area contributed by atoms with Crippen LogP contribution in [0.2, 0.25) is 5.02 Å². The summed E-state index contributed by atoms with van der Waals surface area (Å²) >= 11 is 6.37.